The van der Waals surface area contributed by atoms with Crippen LogP contribution in [0.4, 0.5) is 8.78 Å². The minimum absolute atomic E-state index is 0.00264. The van der Waals surface area contributed by atoms with E-state index in [0.29, 0.717) is 31.0 Å². The molecule has 0 aliphatic carbocycles. The van der Waals surface area contributed by atoms with Gasteiger partial charge in [0.25, 0.3) is 6.43 Å². The Morgan fingerprint density at radius 1 is 1.30 bits per heavy atom. The molecule has 13 nitrogen and oxygen atoms in total. The minimum atomic E-state index is -2.93. The third-order valence-electron chi connectivity index (χ3n) is 8.25. The number of Topliss-reactive ketones (excluding diaryl/α,β-unsaturated/α-hetero) is 1. The molecule has 0 bridgehead atoms. The number of carboxylic acids is 1. The number of fused-ring (bicyclic) bond motifs is 1. The molecule has 218 valence electrons. The molecule has 1 aromatic rings. The zero-order valence-corrected chi connectivity index (χ0v) is 22.9. The number of aromatic nitrogens is 4. The normalized spacial score (nSPS) is 30.7. The molecule has 2 amide bonds. The SMILES string of the molecule is CC(CC(=O)Cn1nnnc1C(F)F)C1C(=O)N2C(C(=O)O)=C(S[C@@H]3CN[C@H](C(=O)N4CC[C@@H](N)C4)C3)[C@H](C)[C@@H]12. The third kappa shape index (κ3) is 5.11. The lowest BCUT2D eigenvalue weighted by molar-refractivity contribution is -0.160. The first kappa shape index (κ1) is 28.5. The molecule has 1 aromatic heterocycles. The van der Waals surface area contributed by atoms with Crippen molar-refractivity contribution >= 4 is 35.3 Å². The zero-order valence-electron chi connectivity index (χ0n) is 22.1. The molecule has 0 spiro atoms. The van der Waals surface area contributed by atoms with Crippen molar-refractivity contribution in [2.75, 3.05) is 19.6 Å². The van der Waals surface area contributed by atoms with Gasteiger partial charge in [0.2, 0.25) is 17.6 Å². The van der Waals surface area contributed by atoms with Gasteiger partial charge in [0, 0.05) is 48.2 Å². The van der Waals surface area contributed by atoms with E-state index < -0.39 is 48.4 Å². The van der Waals surface area contributed by atoms with E-state index in [4.69, 9.17) is 5.73 Å². The second-order valence-corrected chi connectivity index (χ2v) is 12.4. The fraction of sp³-hybridized carbons (Fsp3) is 0.708. The van der Waals surface area contributed by atoms with E-state index in [2.05, 4.69) is 20.8 Å². The summed E-state index contributed by atoms with van der Waals surface area (Å²) in [5.41, 5.74) is 5.89. The van der Waals surface area contributed by atoms with Gasteiger partial charge in [-0.15, -0.1) is 16.9 Å². The Morgan fingerprint density at radius 3 is 2.70 bits per heavy atom. The van der Waals surface area contributed by atoms with Gasteiger partial charge < -0.3 is 26.0 Å². The Bertz CT molecular complexity index is 1240. The highest BCUT2D eigenvalue weighted by Gasteiger charge is 2.60. The van der Waals surface area contributed by atoms with Crippen molar-refractivity contribution in [3.8, 4) is 0 Å². The molecule has 40 heavy (non-hydrogen) atoms. The van der Waals surface area contributed by atoms with Crippen molar-refractivity contribution in [3.63, 3.8) is 0 Å². The number of β-lactam (4-membered cyclic amide) rings is 1. The number of halogens is 2. The highest BCUT2D eigenvalue weighted by atomic mass is 32.2. The van der Waals surface area contributed by atoms with Crippen LogP contribution < -0.4 is 11.1 Å². The van der Waals surface area contributed by atoms with E-state index in [-0.39, 0.29) is 47.2 Å². The predicted molar refractivity (Wildman–Crippen MR) is 136 cm³/mol. The first-order chi connectivity index (χ1) is 19.0. The van der Waals surface area contributed by atoms with Gasteiger partial charge in [-0.3, -0.25) is 14.4 Å². The number of carbonyl (C=O) groups excluding carboxylic acids is 3. The Hall–Kier alpha value is -2.98. The van der Waals surface area contributed by atoms with Gasteiger partial charge in [-0.05, 0) is 29.2 Å². The number of rotatable bonds is 10. The number of ketones is 1. The standard InChI is InChI=1S/C24H32F2N8O5S/c1-10(5-13(35)9-33-21(20(25)26)29-30-31-33)16-17-11(2)19(18(24(38)39)34(17)23(16)37)40-14-6-15(28-7-14)22(36)32-4-3-12(27)8-32/h10-12,14-17,20,28H,3-9,27H2,1-2H3,(H,38,39)/t10?,11-,12-,14+,15+,16?,17+/m1/s1. The molecule has 2 unspecified atom stereocenters. The summed E-state index contributed by atoms with van der Waals surface area (Å²) in [5, 5.41) is 23.1. The molecule has 0 aromatic carbocycles. The highest BCUT2D eigenvalue weighted by Crippen LogP contribution is 2.53. The number of aliphatic carboxylic acids is 1. The van der Waals surface area contributed by atoms with E-state index in [1.807, 2.05) is 6.92 Å². The number of nitrogens with zero attached hydrogens (tertiary/aromatic N) is 6. The molecule has 16 heteroatoms. The van der Waals surface area contributed by atoms with Crippen LogP contribution in [-0.2, 0) is 25.7 Å². The fourth-order valence-corrected chi connectivity index (χ4v) is 7.81. The van der Waals surface area contributed by atoms with E-state index in [1.54, 1.807) is 11.8 Å². The van der Waals surface area contributed by atoms with Gasteiger partial charge in [-0.2, -0.15) is 0 Å². The molecule has 0 radical (unpaired) electrons. The smallest absolute Gasteiger partial charge is 0.353 e. The number of amides is 2. The van der Waals surface area contributed by atoms with Crippen molar-refractivity contribution in [1.82, 2.24) is 35.3 Å². The molecular formula is C24H32F2N8O5S. The van der Waals surface area contributed by atoms with Crippen LogP contribution in [0.2, 0.25) is 0 Å². The summed E-state index contributed by atoms with van der Waals surface area (Å²) in [5.74, 6) is -4.01. The number of nitrogens with one attached hydrogen (secondary N) is 1. The van der Waals surface area contributed by atoms with Gasteiger partial charge >= 0.3 is 5.97 Å². The average molecular weight is 583 g/mol. The molecule has 3 saturated heterocycles. The first-order valence-corrected chi connectivity index (χ1v) is 14.2. The Labute approximate surface area is 232 Å². The van der Waals surface area contributed by atoms with Crippen LogP contribution in [0, 0.1) is 17.8 Å². The van der Waals surface area contributed by atoms with Crippen LogP contribution in [0.1, 0.15) is 45.4 Å². The van der Waals surface area contributed by atoms with Gasteiger partial charge in [-0.25, -0.2) is 18.3 Å². The van der Waals surface area contributed by atoms with Crippen molar-refractivity contribution in [2.24, 2.45) is 23.5 Å². The van der Waals surface area contributed by atoms with E-state index in [9.17, 15) is 33.1 Å². The van der Waals surface area contributed by atoms with Crippen LogP contribution in [0.5, 0.6) is 0 Å². The number of hydrogen-bond donors (Lipinski definition) is 3. The monoisotopic (exact) mass is 582 g/mol. The highest BCUT2D eigenvalue weighted by molar-refractivity contribution is 8.03. The Kier molecular flexibility index (Phi) is 7.94. The van der Waals surface area contributed by atoms with Crippen molar-refractivity contribution in [2.45, 2.75) is 69.5 Å². The minimum Gasteiger partial charge on any atom is -0.477 e. The van der Waals surface area contributed by atoms with Crippen LogP contribution in [0.15, 0.2) is 10.6 Å². The molecule has 4 aliphatic heterocycles. The summed E-state index contributed by atoms with van der Waals surface area (Å²) in [6, 6.07) is -0.802. The summed E-state index contributed by atoms with van der Waals surface area (Å²) in [4.78, 5) is 54.7. The lowest BCUT2D eigenvalue weighted by atomic mass is 9.73. The van der Waals surface area contributed by atoms with Crippen LogP contribution in [0.25, 0.3) is 0 Å². The summed E-state index contributed by atoms with van der Waals surface area (Å²) >= 11 is 1.39. The molecule has 5 rings (SSSR count). The number of thioether (sulfide) groups is 1. The Morgan fingerprint density at radius 2 is 2.05 bits per heavy atom. The summed E-state index contributed by atoms with van der Waals surface area (Å²) < 4.78 is 26.8. The lowest BCUT2D eigenvalue weighted by Crippen LogP contribution is -2.62. The average Bonchev–Trinajstić information content (AvgIpc) is 3.67. The van der Waals surface area contributed by atoms with Gasteiger partial charge in [-0.1, -0.05) is 13.8 Å². The summed E-state index contributed by atoms with van der Waals surface area (Å²) in [7, 11) is 0. The maximum atomic E-state index is 13.2. The second-order valence-electron chi connectivity index (χ2n) is 11.0. The van der Waals surface area contributed by atoms with Gasteiger partial charge in [0.05, 0.1) is 18.0 Å². The van der Waals surface area contributed by atoms with Crippen LogP contribution >= 0.6 is 11.8 Å². The second kappa shape index (κ2) is 11.1. The molecule has 7 atom stereocenters. The molecule has 0 saturated carbocycles. The third-order valence-corrected chi connectivity index (χ3v) is 9.77. The number of alkyl halides is 2. The fourth-order valence-electron chi connectivity index (χ4n) is 6.33. The molecule has 4 N–H and O–H groups in total. The zero-order chi connectivity index (χ0) is 28.9. The molecule has 3 fully saturated rings. The number of carboxylic acid groups (broad SMARTS) is 1. The number of carbonyl (C=O) groups is 4. The molecular weight excluding hydrogens is 550 g/mol. The summed E-state index contributed by atoms with van der Waals surface area (Å²) in [6.45, 7) is 4.84. The van der Waals surface area contributed by atoms with Gasteiger partial charge in [0.15, 0.2) is 5.78 Å². The molecule has 5 heterocycles. The van der Waals surface area contributed by atoms with E-state index in [0.717, 1.165) is 11.1 Å². The quantitative estimate of drug-likeness (QED) is 0.317. The topological polar surface area (TPSA) is 177 Å². The van der Waals surface area contributed by atoms with Gasteiger partial charge in [0.1, 0.15) is 12.2 Å². The maximum Gasteiger partial charge on any atom is 0.353 e. The summed E-state index contributed by atoms with van der Waals surface area (Å²) in [6.07, 6.45) is -1.70. The predicted octanol–water partition coefficient (Wildman–Crippen LogP) is 0.00220. The van der Waals surface area contributed by atoms with Crippen molar-refractivity contribution in [1.29, 1.82) is 0 Å². The molecule has 4 aliphatic rings. The lowest BCUT2D eigenvalue weighted by Gasteiger charge is -2.47. The largest absolute Gasteiger partial charge is 0.477 e. The Balaban J connectivity index is 1.23. The number of tetrazole rings is 1. The van der Waals surface area contributed by atoms with Crippen molar-refractivity contribution in [3.05, 3.63) is 16.4 Å². The van der Waals surface area contributed by atoms with Crippen molar-refractivity contribution < 1.29 is 33.1 Å². The maximum absolute atomic E-state index is 13.2. The van der Waals surface area contributed by atoms with Crippen LogP contribution in [-0.4, -0.2) is 102 Å². The number of nitrogens with two attached hydrogens (primary N) is 1. The number of likely N-dealkylation sites (tertiary alicyclic amines) is 1. The first-order valence-electron chi connectivity index (χ1n) is 13.3. The number of hydrogen-bond acceptors (Lipinski definition) is 10. The van der Waals surface area contributed by atoms with Crippen LogP contribution in [0.3, 0.4) is 0 Å². The van der Waals surface area contributed by atoms with E-state index in [1.165, 1.54) is 16.7 Å². The van der Waals surface area contributed by atoms with E-state index >= 15 is 0 Å².